The zero-order valence-electron chi connectivity index (χ0n) is 14.7. The molecule has 1 aromatic heterocycles. The highest BCUT2D eigenvalue weighted by molar-refractivity contribution is 6.00. The van der Waals surface area contributed by atoms with Crippen LogP contribution < -0.4 is 14.8 Å². The lowest BCUT2D eigenvalue weighted by Crippen LogP contribution is -2.26. The molecule has 0 spiro atoms. The molecular formula is C20H22N2O3. The van der Waals surface area contributed by atoms with Crippen LogP contribution in [0.15, 0.2) is 42.5 Å². The summed E-state index contributed by atoms with van der Waals surface area (Å²) in [5, 5.41) is 4.05. The Labute approximate surface area is 147 Å². The van der Waals surface area contributed by atoms with E-state index in [0.29, 0.717) is 30.2 Å². The van der Waals surface area contributed by atoms with Gasteiger partial charge in [0.2, 0.25) is 0 Å². The zero-order valence-corrected chi connectivity index (χ0v) is 14.7. The fourth-order valence-corrected chi connectivity index (χ4v) is 2.95. The molecule has 0 bridgehead atoms. The number of rotatable bonds is 6. The monoisotopic (exact) mass is 338 g/mol. The Bertz CT molecular complexity index is 899. The number of aromatic amines is 1. The number of hydrogen-bond acceptors (Lipinski definition) is 3. The Balaban J connectivity index is 1.65. The third-order valence-electron chi connectivity index (χ3n) is 4.34. The summed E-state index contributed by atoms with van der Waals surface area (Å²) < 4.78 is 10.5. The molecule has 0 aliphatic rings. The van der Waals surface area contributed by atoms with Gasteiger partial charge in [0.1, 0.15) is 5.69 Å². The molecule has 25 heavy (non-hydrogen) atoms. The summed E-state index contributed by atoms with van der Waals surface area (Å²) in [7, 11) is 3.22. The van der Waals surface area contributed by atoms with E-state index in [-0.39, 0.29) is 5.91 Å². The molecule has 3 aromatic rings. The fourth-order valence-electron chi connectivity index (χ4n) is 2.95. The SMILES string of the molecule is COc1ccc(CCNC(=O)c2[nH]c3ccccc3c2C)cc1OC. The minimum absolute atomic E-state index is 0.0887. The van der Waals surface area contributed by atoms with Crippen LogP contribution in [0.5, 0.6) is 11.5 Å². The van der Waals surface area contributed by atoms with Gasteiger partial charge >= 0.3 is 0 Å². The van der Waals surface area contributed by atoms with E-state index in [4.69, 9.17) is 9.47 Å². The summed E-state index contributed by atoms with van der Waals surface area (Å²) in [6.07, 6.45) is 0.714. The number of para-hydroxylation sites is 1. The fraction of sp³-hybridized carbons (Fsp3) is 0.250. The minimum Gasteiger partial charge on any atom is -0.493 e. The van der Waals surface area contributed by atoms with Gasteiger partial charge < -0.3 is 19.8 Å². The molecular weight excluding hydrogens is 316 g/mol. The standard InChI is InChI=1S/C20H22N2O3/c1-13-15-6-4-5-7-16(15)22-19(13)20(23)21-11-10-14-8-9-17(24-2)18(12-14)25-3/h4-9,12,22H,10-11H2,1-3H3,(H,21,23). The highest BCUT2D eigenvalue weighted by Gasteiger charge is 2.14. The number of H-pyrrole nitrogens is 1. The molecule has 0 aliphatic carbocycles. The van der Waals surface area contributed by atoms with Crippen LogP contribution in [0.25, 0.3) is 10.9 Å². The number of amides is 1. The van der Waals surface area contributed by atoms with Crippen molar-refractivity contribution in [3.05, 3.63) is 59.3 Å². The zero-order chi connectivity index (χ0) is 17.8. The van der Waals surface area contributed by atoms with Crippen molar-refractivity contribution in [3.8, 4) is 11.5 Å². The molecule has 0 saturated heterocycles. The Morgan fingerprint density at radius 1 is 1.08 bits per heavy atom. The lowest BCUT2D eigenvalue weighted by atomic mass is 10.1. The minimum atomic E-state index is -0.0887. The first kappa shape index (κ1) is 16.9. The molecule has 0 atom stereocenters. The molecule has 0 radical (unpaired) electrons. The first-order valence-electron chi connectivity index (χ1n) is 8.20. The highest BCUT2D eigenvalue weighted by atomic mass is 16.5. The summed E-state index contributed by atoms with van der Waals surface area (Å²) in [4.78, 5) is 15.7. The van der Waals surface area contributed by atoms with Gasteiger partial charge in [-0.25, -0.2) is 0 Å². The maximum atomic E-state index is 12.5. The van der Waals surface area contributed by atoms with Crippen LogP contribution in [0.1, 0.15) is 21.6 Å². The maximum absolute atomic E-state index is 12.5. The second-order valence-electron chi connectivity index (χ2n) is 5.87. The lowest BCUT2D eigenvalue weighted by molar-refractivity contribution is 0.0949. The second kappa shape index (κ2) is 7.30. The maximum Gasteiger partial charge on any atom is 0.268 e. The number of benzene rings is 2. The topological polar surface area (TPSA) is 63.3 Å². The molecule has 0 saturated carbocycles. The molecule has 5 nitrogen and oxygen atoms in total. The third kappa shape index (κ3) is 3.45. The molecule has 0 fully saturated rings. The van der Waals surface area contributed by atoms with Crippen molar-refractivity contribution in [1.82, 2.24) is 10.3 Å². The predicted octanol–water partition coefficient (Wildman–Crippen LogP) is 3.47. The van der Waals surface area contributed by atoms with Crippen molar-refractivity contribution in [2.45, 2.75) is 13.3 Å². The molecule has 1 amide bonds. The number of ether oxygens (including phenoxy) is 2. The molecule has 3 rings (SSSR count). The van der Waals surface area contributed by atoms with Crippen LogP contribution in [0.2, 0.25) is 0 Å². The number of carbonyl (C=O) groups is 1. The van der Waals surface area contributed by atoms with E-state index in [2.05, 4.69) is 10.3 Å². The summed E-state index contributed by atoms with van der Waals surface area (Å²) in [6.45, 7) is 2.51. The van der Waals surface area contributed by atoms with Crippen molar-refractivity contribution in [1.29, 1.82) is 0 Å². The number of hydrogen-bond donors (Lipinski definition) is 2. The first-order chi connectivity index (χ1) is 12.1. The molecule has 5 heteroatoms. The van der Waals surface area contributed by atoms with E-state index >= 15 is 0 Å². The first-order valence-corrected chi connectivity index (χ1v) is 8.20. The van der Waals surface area contributed by atoms with Gasteiger partial charge in [-0.15, -0.1) is 0 Å². The van der Waals surface area contributed by atoms with Gasteiger partial charge in [-0.3, -0.25) is 4.79 Å². The van der Waals surface area contributed by atoms with Gasteiger partial charge in [-0.1, -0.05) is 24.3 Å². The van der Waals surface area contributed by atoms with E-state index in [0.717, 1.165) is 22.0 Å². The van der Waals surface area contributed by atoms with Crippen molar-refractivity contribution >= 4 is 16.8 Å². The highest BCUT2D eigenvalue weighted by Crippen LogP contribution is 2.27. The van der Waals surface area contributed by atoms with Crippen LogP contribution in [-0.2, 0) is 6.42 Å². The molecule has 1 heterocycles. The molecule has 0 aliphatic heterocycles. The van der Waals surface area contributed by atoms with E-state index in [1.165, 1.54) is 0 Å². The van der Waals surface area contributed by atoms with Gasteiger partial charge in [0.25, 0.3) is 5.91 Å². The quantitative estimate of drug-likeness (QED) is 0.723. The van der Waals surface area contributed by atoms with Crippen LogP contribution in [0.3, 0.4) is 0 Å². The average molecular weight is 338 g/mol. The van der Waals surface area contributed by atoms with Crippen LogP contribution in [-0.4, -0.2) is 31.7 Å². The van der Waals surface area contributed by atoms with Crippen molar-refractivity contribution in [2.75, 3.05) is 20.8 Å². The van der Waals surface area contributed by atoms with Gasteiger partial charge in [-0.05, 0) is 42.7 Å². The summed E-state index contributed by atoms with van der Waals surface area (Å²) >= 11 is 0. The molecule has 0 unspecified atom stereocenters. The molecule has 2 aromatic carbocycles. The molecule has 2 N–H and O–H groups in total. The number of aromatic nitrogens is 1. The number of nitrogens with one attached hydrogen (secondary N) is 2. The number of carbonyl (C=O) groups excluding carboxylic acids is 1. The van der Waals surface area contributed by atoms with E-state index in [9.17, 15) is 4.79 Å². The van der Waals surface area contributed by atoms with Crippen molar-refractivity contribution in [3.63, 3.8) is 0 Å². The number of aryl methyl sites for hydroxylation is 1. The predicted molar refractivity (Wildman–Crippen MR) is 98.6 cm³/mol. The average Bonchev–Trinajstić information content (AvgIpc) is 2.98. The Morgan fingerprint density at radius 3 is 2.56 bits per heavy atom. The van der Waals surface area contributed by atoms with Gasteiger partial charge in [-0.2, -0.15) is 0 Å². The second-order valence-corrected chi connectivity index (χ2v) is 5.87. The van der Waals surface area contributed by atoms with Crippen LogP contribution >= 0.6 is 0 Å². The smallest absolute Gasteiger partial charge is 0.268 e. The summed E-state index contributed by atoms with van der Waals surface area (Å²) in [5.41, 5.74) is 3.64. The van der Waals surface area contributed by atoms with Crippen LogP contribution in [0, 0.1) is 6.92 Å². The third-order valence-corrected chi connectivity index (χ3v) is 4.34. The number of fused-ring (bicyclic) bond motifs is 1. The van der Waals surface area contributed by atoms with Crippen molar-refractivity contribution < 1.29 is 14.3 Å². The van der Waals surface area contributed by atoms with Crippen molar-refractivity contribution in [2.24, 2.45) is 0 Å². The lowest BCUT2D eigenvalue weighted by Gasteiger charge is -2.10. The Hall–Kier alpha value is -2.95. The van der Waals surface area contributed by atoms with Gasteiger partial charge in [0, 0.05) is 17.4 Å². The number of methoxy groups -OCH3 is 2. The summed E-state index contributed by atoms with van der Waals surface area (Å²) in [6, 6.07) is 13.7. The Morgan fingerprint density at radius 2 is 1.84 bits per heavy atom. The van der Waals surface area contributed by atoms with Gasteiger partial charge in [0.05, 0.1) is 14.2 Å². The van der Waals surface area contributed by atoms with E-state index < -0.39 is 0 Å². The Kier molecular flexibility index (Phi) is 4.93. The van der Waals surface area contributed by atoms with Crippen LogP contribution in [0.4, 0.5) is 0 Å². The normalized spacial score (nSPS) is 10.7. The largest absolute Gasteiger partial charge is 0.493 e. The molecule has 130 valence electrons. The van der Waals surface area contributed by atoms with E-state index in [1.807, 2.05) is 49.4 Å². The van der Waals surface area contributed by atoms with Gasteiger partial charge in [0.15, 0.2) is 11.5 Å². The summed E-state index contributed by atoms with van der Waals surface area (Å²) in [5.74, 6) is 1.30. The van der Waals surface area contributed by atoms with E-state index in [1.54, 1.807) is 14.2 Å².